The molecule has 286 valence electrons. The highest BCUT2D eigenvalue weighted by Crippen LogP contribution is 2.59. The number of unbranched alkanes of at least 4 members (excludes halogenated alkanes) is 2. The van der Waals surface area contributed by atoms with E-state index >= 15 is 0 Å². The SMILES string of the molecule is C=CCCC(=O)N[C@H](C)[C@@H](OC(=O)[C@@H]1[C@H]2C(=O)N(CCCCCO)[C@H](C(=O)N(CC=C)c3ccc(N(CC)CC)cc3)[C@]23CC[C@H]1O3)c1ccccc1. The predicted molar refractivity (Wildman–Crippen MR) is 205 cm³/mol. The van der Waals surface area contributed by atoms with Crippen LogP contribution in [0.4, 0.5) is 11.4 Å². The van der Waals surface area contributed by atoms with Gasteiger partial charge in [-0.15, -0.1) is 13.2 Å². The molecule has 0 saturated carbocycles. The number of aliphatic hydroxyl groups is 1. The maximum Gasteiger partial charge on any atom is 0.313 e. The summed E-state index contributed by atoms with van der Waals surface area (Å²) in [5.41, 5.74) is 1.21. The van der Waals surface area contributed by atoms with Crippen LogP contribution >= 0.6 is 0 Å². The average molecular weight is 729 g/mol. The molecule has 11 heteroatoms. The number of anilines is 2. The second-order valence-corrected chi connectivity index (χ2v) is 14.2. The van der Waals surface area contributed by atoms with E-state index < -0.39 is 47.7 Å². The number of esters is 1. The lowest BCUT2D eigenvalue weighted by Gasteiger charge is -2.37. The Hall–Kier alpha value is -4.48. The summed E-state index contributed by atoms with van der Waals surface area (Å²) in [7, 11) is 0. The number of carbonyl (C=O) groups excluding carboxylic acids is 4. The van der Waals surface area contributed by atoms with Gasteiger partial charge in [-0.1, -0.05) is 42.5 Å². The summed E-state index contributed by atoms with van der Waals surface area (Å²) in [6, 6.07) is 15.5. The van der Waals surface area contributed by atoms with Crippen LogP contribution in [0.2, 0.25) is 0 Å². The van der Waals surface area contributed by atoms with Gasteiger partial charge in [0.2, 0.25) is 11.8 Å². The molecule has 3 aliphatic rings. The van der Waals surface area contributed by atoms with Crippen molar-refractivity contribution in [1.29, 1.82) is 0 Å². The first kappa shape index (κ1) is 39.7. The molecular weight excluding hydrogens is 672 g/mol. The molecule has 3 amide bonds. The summed E-state index contributed by atoms with van der Waals surface area (Å²) in [5.74, 6) is -3.19. The second-order valence-electron chi connectivity index (χ2n) is 14.2. The van der Waals surface area contributed by atoms with Crippen molar-refractivity contribution in [3.05, 3.63) is 85.5 Å². The molecule has 1 spiro atoms. The van der Waals surface area contributed by atoms with Gasteiger partial charge in [0.15, 0.2) is 0 Å². The van der Waals surface area contributed by atoms with E-state index in [1.54, 1.807) is 28.9 Å². The molecule has 0 unspecified atom stereocenters. The van der Waals surface area contributed by atoms with Crippen LogP contribution in [0.25, 0.3) is 0 Å². The molecule has 11 nitrogen and oxygen atoms in total. The van der Waals surface area contributed by atoms with E-state index in [9.17, 15) is 24.3 Å². The molecular formula is C42H56N4O7. The quantitative estimate of drug-likeness (QED) is 0.106. The van der Waals surface area contributed by atoms with E-state index in [4.69, 9.17) is 9.47 Å². The largest absolute Gasteiger partial charge is 0.455 e. The van der Waals surface area contributed by atoms with Gasteiger partial charge in [-0.05, 0) is 89.1 Å². The summed E-state index contributed by atoms with van der Waals surface area (Å²) in [5, 5.41) is 12.4. The Morgan fingerprint density at radius 1 is 1.04 bits per heavy atom. The van der Waals surface area contributed by atoms with E-state index in [2.05, 4.69) is 37.2 Å². The molecule has 2 aromatic carbocycles. The first-order chi connectivity index (χ1) is 25.6. The first-order valence-electron chi connectivity index (χ1n) is 19.2. The molecule has 3 saturated heterocycles. The Balaban J connectivity index is 1.46. The molecule has 0 aliphatic carbocycles. The molecule has 3 heterocycles. The molecule has 0 radical (unpaired) electrons. The monoisotopic (exact) mass is 728 g/mol. The van der Waals surface area contributed by atoms with Crippen LogP contribution in [0.15, 0.2) is 79.9 Å². The summed E-state index contributed by atoms with van der Waals surface area (Å²) in [6.45, 7) is 15.8. The topological polar surface area (TPSA) is 129 Å². The molecule has 3 fully saturated rings. The van der Waals surface area contributed by atoms with Crippen molar-refractivity contribution in [1.82, 2.24) is 10.2 Å². The minimum atomic E-state index is -1.22. The predicted octanol–water partition coefficient (Wildman–Crippen LogP) is 5.34. The fourth-order valence-electron chi connectivity index (χ4n) is 8.48. The lowest BCUT2D eigenvalue weighted by Crippen LogP contribution is -2.56. The number of nitrogens with zero attached hydrogens (tertiary/aromatic N) is 3. The highest BCUT2D eigenvalue weighted by molar-refractivity contribution is 6.04. The third kappa shape index (κ3) is 8.21. The molecule has 2 aromatic rings. The summed E-state index contributed by atoms with van der Waals surface area (Å²) < 4.78 is 13.0. The molecule has 7 atom stereocenters. The maximum absolute atomic E-state index is 14.9. The number of ether oxygens (including phenoxy) is 2. The van der Waals surface area contributed by atoms with Crippen LogP contribution in [-0.2, 0) is 28.7 Å². The molecule has 5 rings (SSSR count). The zero-order valence-corrected chi connectivity index (χ0v) is 31.5. The van der Waals surface area contributed by atoms with Gasteiger partial charge in [0.05, 0.1) is 24.0 Å². The van der Waals surface area contributed by atoms with Gasteiger partial charge in [0, 0.05) is 50.6 Å². The molecule has 3 aliphatic heterocycles. The highest BCUT2D eigenvalue weighted by Gasteiger charge is 2.75. The fraction of sp³-hybridized carbons (Fsp3) is 0.524. The van der Waals surface area contributed by atoms with Crippen LogP contribution in [0.1, 0.15) is 77.4 Å². The third-order valence-electron chi connectivity index (χ3n) is 11.0. The second kappa shape index (κ2) is 18.0. The van der Waals surface area contributed by atoms with Crippen molar-refractivity contribution in [3.63, 3.8) is 0 Å². The number of nitrogens with one attached hydrogen (secondary N) is 1. The van der Waals surface area contributed by atoms with E-state index in [0.29, 0.717) is 49.8 Å². The number of hydrogen-bond acceptors (Lipinski definition) is 8. The van der Waals surface area contributed by atoms with Gasteiger partial charge < -0.3 is 34.6 Å². The van der Waals surface area contributed by atoms with Crippen molar-refractivity contribution in [2.45, 2.75) is 95.6 Å². The normalized spacial score (nSPS) is 23.9. The average Bonchev–Trinajstić information content (AvgIpc) is 3.81. The zero-order valence-electron chi connectivity index (χ0n) is 31.5. The maximum atomic E-state index is 14.9. The summed E-state index contributed by atoms with van der Waals surface area (Å²) in [6.07, 6.45) is 5.47. The zero-order chi connectivity index (χ0) is 38.1. The third-order valence-corrected chi connectivity index (χ3v) is 11.0. The lowest BCUT2D eigenvalue weighted by atomic mass is 9.70. The van der Waals surface area contributed by atoms with Gasteiger partial charge >= 0.3 is 5.97 Å². The molecule has 0 aromatic heterocycles. The van der Waals surface area contributed by atoms with Crippen molar-refractivity contribution >= 4 is 35.1 Å². The van der Waals surface area contributed by atoms with E-state index in [-0.39, 0.29) is 43.8 Å². The number of carbonyl (C=O) groups is 4. The number of allylic oxidation sites excluding steroid dienone is 1. The van der Waals surface area contributed by atoms with Crippen molar-refractivity contribution < 1.29 is 33.8 Å². The van der Waals surface area contributed by atoms with Crippen molar-refractivity contribution in [2.75, 3.05) is 42.6 Å². The number of hydrogen-bond donors (Lipinski definition) is 2. The number of aliphatic hydroxyl groups excluding tert-OH is 1. The van der Waals surface area contributed by atoms with Gasteiger partial charge in [-0.2, -0.15) is 0 Å². The Kier molecular flexibility index (Phi) is 13.5. The standard InChI is InChI=1S/C42H56N4O7/c1-6-10-19-34(48)43-29(5)37(30-17-13-11-14-18-30)52-41(51)35-33-24-25-42(53-33)36(35)39(49)46(27-15-12-16-28-47)38(42)40(50)45(26-7-2)32-22-20-31(21-23-32)44(8-3)9-4/h6-7,11,13-14,17-18,20-23,29,33,35-38,47H,1-2,8-10,12,15-16,19,24-28H2,3-5H3,(H,43,48)/t29-,33-,35+,36+,37-,38-,42+/m1/s1. The number of benzene rings is 2. The fourth-order valence-corrected chi connectivity index (χ4v) is 8.48. The van der Waals surface area contributed by atoms with Crippen molar-refractivity contribution in [2.24, 2.45) is 11.8 Å². The Bertz CT molecular complexity index is 1600. The summed E-state index contributed by atoms with van der Waals surface area (Å²) >= 11 is 0. The Labute approximate surface area is 314 Å². The lowest BCUT2D eigenvalue weighted by molar-refractivity contribution is -0.162. The van der Waals surface area contributed by atoms with Gasteiger partial charge in [0.1, 0.15) is 17.7 Å². The highest BCUT2D eigenvalue weighted by atomic mass is 16.6. The number of likely N-dealkylation sites (tertiary alicyclic amines) is 1. The number of fused-ring (bicyclic) bond motifs is 1. The van der Waals surface area contributed by atoms with E-state index in [0.717, 1.165) is 18.8 Å². The first-order valence-corrected chi connectivity index (χ1v) is 19.2. The van der Waals surface area contributed by atoms with Crippen LogP contribution in [0.3, 0.4) is 0 Å². The summed E-state index contributed by atoms with van der Waals surface area (Å²) in [4.78, 5) is 62.2. The van der Waals surface area contributed by atoms with Crippen LogP contribution in [0, 0.1) is 11.8 Å². The van der Waals surface area contributed by atoms with Gasteiger partial charge in [0.25, 0.3) is 5.91 Å². The number of amides is 3. The van der Waals surface area contributed by atoms with E-state index in [1.165, 1.54) is 0 Å². The molecule has 2 N–H and O–H groups in total. The minimum absolute atomic E-state index is 0.0356. The van der Waals surface area contributed by atoms with Crippen LogP contribution in [0.5, 0.6) is 0 Å². The molecule has 2 bridgehead atoms. The number of rotatable bonds is 20. The minimum Gasteiger partial charge on any atom is -0.455 e. The Morgan fingerprint density at radius 3 is 2.38 bits per heavy atom. The van der Waals surface area contributed by atoms with Crippen molar-refractivity contribution in [3.8, 4) is 0 Å². The van der Waals surface area contributed by atoms with E-state index in [1.807, 2.05) is 54.6 Å². The smallest absolute Gasteiger partial charge is 0.313 e. The Morgan fingerprint density at radius 2 is 1.74 bits per heavy atom. The van der Waals surface area contributed by atoms with Gasteiger partial charge in [-0.25, -0.2) is 0 Å². The van der Waals surface area contributed by atoms with Crippen LogP contribution in [-0.4, -0.2) is 90.3 Å². The van der Waals surface area contributed by atoms with Crippen LogP contribution < -0.4 is 15.1 Å². The van der Waals surface area contributed by atoms with Gasteiger partial charge in [-0.3, -0.25) is 19.2 Å². The molecule has 53 heavy (non-hydrogen) atoms.